The zero-order chi connectivity index (χ0) is 13.4. The topological polar surface area (TPSA) is 28.7 Å². The highest BCUT2D eigenvalue weighted by Crippen LogP contribution is 2.37. The number of aryl methyl sites for hydroxylation is 1. The van der Waals surface area contributed by atoms with Gasteiger partial charge in [-0.05, 0) is 41.1 Å². The molecule has 0 aliphatic heterocycles. The number of halogens is 2. The van der Waals surface area contributed by atoms with Crippen LogP contribution < -0.4 is 0 Å². The van der Waals surface area contributed by atoms with Crippen molar-refractivity contribution >= 4 is 50.2 Å². The first-order valence-electron chi connectivity index (χ1n) is 5.70. The average Bonchev–Trinajstić information content (AvgIpc) is 2.65. The van der Waals surface area contributed by atoms with E-state index < -0.39 is 0 Å². The third kappa shape index (κ3) is 2.66. The molecule has 0 bridgehead atoms. The second-order valence-electron chi connectivity index (χ2n) is 4.21. The molecule has 0 amide bonds. The van der Waals surface area contributed by atoms with Crippen LogP contribution in [0.3, 0.4) is 0 Å². The van der Waals surface area contributed by atoms with Crippen LogP contribution in [0.2, 0.25) is 5.02 Å². The summed E-state index contributed by atoms with van der Waals surface area (Å²) >= 11 is 11.2. The Morgan fingerprint density at radius 1 is 1.26 bits per heavy atom. The van der Waals surface area contributed by atoms with Crippen molar-refractivity contribution in [3.8, 4) is 0 Å². The van der Waals surface area contributed by atoms with Gasteiger partial charge in [-0.3, -0.25) is 4.98 Å². The molecule has 3 aromatic rings. The maximum Gasteiger partial charge on any atom is 0.0482 e. The molecule has 0 saturated heterocycles. The maximum absolute atomic E-state index is 6.02. The van der Waals surface area contributed by atoms with Gasteiger partial charge in [0.1, 0.15) is 0 Å². The molecule has 0 aliphatic carbocycles. The predicted molar refractivity (Wildman–Crippen MR) is 84.1 cm³/mol. The minimum atomic E-state index is 0.745. The maximum atomic E-state index is 6.02. The summed E-state index contributed by atoms with van der Waals surface area (Å²) < 4.78 is 0.984. The Hall–Kier alpha value is -0.970. The van der Waals surface area contributed by atoms with Gasteiger partial charge in [-0.1, -0.05) is 29.4 Å². The SMILES string of the molecule is Cc1[nH]c2cc(Cl)ccc2c1Sc1cncc(Br)c1. The van der Waals surface area contributed by atoms with Gasteiger partial charge in [0.2, 0.25) is 0 Å². The molecule has 3 rings (SSSR count). The van der Waals surface area contributed by atoms with Crippen LogP contribution in [0.4, 0.5) is 0 Å². The van der Waals surface area contributed by atoms with Crippen molar-refractivity contribution in [2.45, 2.75) is 16.7 Å². The number of H-pyrrole nitrogens is 1. The molecule has 5 heteroatoms. The average molecular weight is 354 g/mol. The van der Waals surface area contributed by atoms with E-state index in [1.54, 1.807) is 18.0 Å². The summed E-state index contributed by atoms with van der Waals surface area (Å²) in [6, 6.07) is 7.98. The molecule has 19 heavy (non-hydrogen) atoms. The molecule has 0 radical (unpaired) electrons. The molecule has 0 fully saturated rings. The molecule has 2 aromatic heterocycles. The monoisotopic (exact) mass is 352 g/mol. The number of pyridine rings is 1. The Morgan fingerprint density at radius 2 is 2.11 bits per heavy atom. The van der Waals surface area contributed by atoms with Crippen LogP contribution in [0.1, 0.15) is 5.69 Å². The second kappa shape index (κ2) is 5.19. The summed E-state index contributed by atoms with van der Waals surface area (Å²) in [6.45, 7) is 2.07. The molecule has 0 atom stereocenters. The Bertz CT molecular complexity index is 754. The highest BCUT2D eigenvalue weighted by molar-refractivity contribution is 9.10. The quantitative estimate of drug-likeness (QED) is 0.664. The lowest BCUT2D eigenvalue weighted by atomic mass is 10.2. The molecule has 96 valence electrons. The fourth-order valence-electron chi connectivity index (χ4n) is 1.98. The van der Waals surface area contributed by atoms with Gasteiger partial charge in [0.05, 0.1) is 0 Å². The number of hydrogen-bond acceptors (Lipinski definition) is 2. The van der Waals surface area contributed by atoms with Crippen molar-refractivity contribution in [2.75, 3.05) is 0 Å². The predicted octanol–water partition coefficient (Wildman–Crippen LogP) is 5.44. The van der Waals surface area contributed by atoms with Crippen LogP contribution in [0, 0.1) is 6.92 Å². The number of nitrogens with one attached hydrogen (secondary N) is 1. The summed E-state index contributed by atoms with van der Waals surface area (Å²) in [7, 11) is 0. The second-order valence-corrected chi connectivity index (χ2v) is 6.65. The third-order valence-corrected chi connectivity index (χ3v) is 4.65. The van der Waals surface area contributed by atoms with Crippen LogP contribution in [-0.4, -0.2) is 9.97 Å². The minimum absolute atomic E-state index is 0.745. The third-order valence-electron chi connectivity index (χ3n) is 2.79. The van der Waals surface area contributed by atoms with E-state index in [4.69, 9.17) is 11.6 Å². The molecule has 2 heterocycles. The smallest absolute Gasteiger partial charge is 0.0482 e. The number of hydrogen-bond donors (Lipinski definition) is 1. The lowest BCUT2D eigenvalue weighted by Crippen LogP contribution is -1.78. The summed E-state index contributed by atoms with van der Waals surface area (Å²) in [5.41, 5.74) is 2.21. The van der Waals surface area contributed by atoms with Crippen LogP contribution in [-0.2, 0) is 0 Å². The largest absolute Gasteiger partial charge is 0.358 e. The Balaban J connectivity index is 2.07. The molecular weight excluding hydrogens is 344 g/mol. The molecule has 0 unspecified atom stereocenters. The first-order valence-corrected chi connectivity index (χ1v) is 7.68. The van der Waals surface area contributed by atoms with E-state index in [0.29, 0.717) is 0 Å². The van der Waals surface area contributed by atoms with Gasteiger partial charge in [0, 0.05) is 48.3 Å². The fourth-order valence-corrected chi connectivity index (χ4v) is 3.69. The fraction of sp³-hybridized carbons (Fsp3) is 0.0714. The number of aromatic nitrogens is 2. The molecule has 1 N–H and O–H groups in total. The van der Waals surface area contributed by atoms with E-state index in [1.165, 1.54) is 10.3 Å². The molecule has 0 saturated carbocycles. The summed E-state index contributed by atoms with van der Waals surface area (Å²) in [4.78, 5) is 9.87. The van der Waals surface area contributed by atoms with E-state index in [1.807, 2.05) is 18.3 Å². The van der Waals surface area contributed by atoms with E-state index in [0.717, 1.165) is 25.6 Å². The van der Waals surface area contributed by atoms with Crippen molar-refractivity contribution in [3.05, 3.63) is 51.8 Å². The highest BCUT2D eigenvalue weighted by atomic mass is 79.9. The highest BCUT2D eigenvalue weighted by Gasteiger charge is 2.10. The standard InChI is InChI=1S/C14H10BrClN2S/c1-8-14(19-11-4-9(15)6-17-7-11)12-3-2-10(16)5-13(12)18-8/h2-7,18H,1H3. The Morgan fingerprint density at radius 3 is 2.89 bits per heavy atom. The van der Waals surface area contributed by atoms with Crippen molar-refractivity contribution in [1.82, 2.24) is 9.97 Å². The van der Waals surface area contributed by atoms with E-state index in [9.17, 15) is 0 Å². The van der Waals surface area contributed by atoms with Crippen molar-refractivity contribution in [3.63, 3.8) is 0 Å². The van der Waals surface area contributed by atoms with Gasteiger partial charge in [-0.2, -0.15) is 0 Å². The first kappa shape index (κ1) is 13.0. The van der Waals surface area contributed by atoms with Crippen LogP contribution in [0.15, 0.2) is 50.9 Å². The van der Waals surface area contributed by atoms with E-state index in [-0.39, 0.29) is 0 Å². The Labute approximate surface area is 128 Å². The van der Waals surface area contributed by atoms with Gasteiger partial charge < -0.3 is 4.98 Å². The van der Waals surface area contributed by atoms with Gasteiger partial charge >= 0.3 is 0 Å². The van der Waals surface area contributed by atoms with E-state index in [2.05, 4.69) is 45.0 Å². The molecular formula is C14H10BrClN2S. The minimum Gasteiger partial charge on any atom is -0.358 e. The lowest BCUT2D eigenvalue weighted by molar-refractivity contribution is 1.20. The van der Waals surface area contributed by atoms with Gasteiger partial charge in [-0.25, -0.2) is 0 Å². The van der Waals surface area contributed by atoms with E-state index >= 15 is 0 Å². The van der Waals surface area contributed by atoms with Gasteiger partial charge in [0.15, 0.2) is 0 Å². The van der Waals surface area contributed by atoms with Crippen molar-refractivity contribution < 1.29 is 0 Å². The lowest BCUT2D eigenvalue weighted by Gasteiger charge is -2.02. The molecule has 1 aromatic carbocycles. The first-order chi connectivity index (χ1) is 9.13. The molecule has 0 spiro atoms. The zero-order valence-corrected chi connectivity index (χ0v) is 13.2. The number of rotatable bonds is 2. The van der Waals surface area contributed by atoms with Gasteiger partial charge in [-0.15, -0.1) is 0 Å². The summed E-state index contributed by atoms with van der Waals surface area (Å²) in [5.74, 6) is 0. The summed E-state index contributed by atoms with van der Waals surface area (Å²) in [6.07, 6.45) is 3.65. The summed E-state index contributed by atoms with van der Waals surface area (Å²) in [5, 5.41) is 1.93. The number of aromatic amines is 1. The van der Waals surface area contributed by atoms with Crippen LogP contribution >= 0.6 is 39.3 Å². The Kier molecular flexibility index (Phi) is 3.56. The van der Waals surface area contributed by atoms with Crippen molar-refractivity contribution in [2.24, 2.45) is 0 Å². The van der Waals surface area contributed by atoms with Crippen LogP contribution in [0.5, 0.6) is 0 Å². The number of nitrogens with zero attached hydrogens (tertiary/aromatic N) is 1. The van der Waals surface area contributed by atoms with Gasteiger partial charge in [0.25, 0.3) is 0 Å². The zero-order valence-electron chi connectivity index (χ0n) is 10.1. The molecule has 2 nitrogen and oxygen atoms in total. The number of fused-ring (bicyclic) bond motifs is 1. The van der Waals surface area contributed by atoms with Crippen molar-refractivity contribution in [1.29, 1.82) is 0 Å². The molecule has 0 aliphatic rings. The van der Waals surface area contributed by atoms with Crippen LogP contribution in [0.25, 0.3) is 10.9 Å². The number of benzene rings is 1. The normalized spacial score (nSPS) is 11.1.